The minimum absolute atomic E-state index is 0.0818. The Morgan fingerprint density at radius 1 is 1.17 bits per heavy atom. The monoisotopic (exact) mass is 349 g/mol. The fourth-order valence-corrected chi connectivity index (χ4v) is 3.91. The largest absolute Gasteiger partial charge is 0.392 e. The molecule has 0 heterocycles. The van der Waals surface area contributed by atoms with Crippen molar-refractivity contribution in [3.05, 3.63) is 29.8 Å². The lowest BCUT2D eigenvalue weighted by atomic mass is 9.93. The number of benzene rings is 1. The summed E-state index contributed by atoms with van der Waals surface area (Å²) < 4.78 is 53.3. The quantitative estimate of drug-likeness (QED) is 0.673. The molecule has 1 rings (SSSR count). The van der Waals surface area contributed by atoms with Crippen molar-refractivity contribution in [3.63, 3.8) is 0 Å². The summed E-state index contributed by atoms with van der Waals surface area (Å²) >= 11 is 0. The molecule has 0 fully saturated rings. The second kappa shape index (κ2) is 8.70. The van der Waals surface area contributed by atoms with Crippen LogP contribution in [0.25, 0.3) is 0 Å². The topological polar surface area (TPSA) is 66.4 Å². The number of rotatable bonds is 9. The Morgan fingerprint density at radius 2 is 1.83 bits per heavy atom. The van der Waals surface area contributed by atoms with E-state index in [0.717, 1.165) is 37.8 Å². The summed E-state index contributed by atoms with van der Waals surface area (Å²) in [7, 11) is -4.04. The molecule has 4 nitrogen and oxygen atoms in total. The maximum Gasteiger partial charge on any atom is 0.241 e. The van der Waals surface area contributed by atoms with Crippen LogP contribution in [0.1, 0.15) is 46.5 Å². The maximum absolute atomic E-state index is 13.3. The second-order valence-corrected chi connectivity index (χ2v) is 7.65. The predicted octanol–water partition coefficient (Wildman–Crippen LogP) is 3.21. The molecule has 0 bridgehead atoms. The molecule has 0 aliphatic rings. The molecule has 0 spiro atoms. The van der Waals surface area contributed by atoms with Gasteiger partial charge in [-0.3, -0.25) is 0 Å². The van der Waals surface area contributed by atoms with Gasteiger partial charge in [0.05, 0.1) is 17.0 Å². The molecule has 1 aromatic carbocycles. The van der Waals surface area contributed by atoms with Crippen LogP contribution in [-0.2, 0) is 10.0 Å². The van der Waals surface area contributed by atoms with E-state index in [4.69, 9.17) is 0 Å². The van der Waals surface area contributed by atoms with E-state index in [2.05, 4.69) is 11.6 Å². The van der Waals surface area contributed by atoms with Crippen LogP contribution in [0.5, 0.6) is 0 Å². The number of nitrogens with one attached hydrogen (secondary N) is 1. The van der Waals surface area contributed by atoms with E-state index >= 15 is 0 Å². The van der Waals surface area contributed by atoms with Gasteiger partial charge in [0.1, 0.15) is 0 Å². The fourth-order valence-electron chi connectivity index (χ4n) is 2.48. The molecule has 0 aliphatic heterocycles. The second-order valence-electron chi connectivity index (χ2n) is 5.94. The summed E-state index contributed by atoms with van der Waals surface area (Å²) in [4.78, 5) is -0.359. The molecule has 23 heavy (non-hydrogen) atoms. The average Bonchev–Trinajstić information content (AvgIpc) is 2.47. The van der Waals surface area contributed by atoms with E-state index in [1.54, 1.807) is 0 Å². The van der Waals surface area contributed by atoms with E-state index in [1.807, 2.05) is 6.92 Å². The molecular formula is C16H25F2NO3S. The minimum atomic E-state index is -4.04. The highest BCUT2D eigenvalue weighted by molar-refractivity contribution is 7.89. The van der Waals surface area contributed by atoms with Gasteiger partial charge < -0.3 is 5.11 Å². The molecule has 0 aliphatic carbocycles. The van der Waals surface area contributed by atoms with Gasteiger partial charge >= 0.3 is 0 Å². The van der Waals surface area contributed by atoms with Gasteiger partial charge in [-0.15, -0.1) is 0 Å². The van der Waals surface area contributed by atoms with Crippen LogP contribution >= 0.6 is 0 Å². The molecular weight excluding hydrogens is 324 g/mol. The van der Waals surface area contributed by atoms with Gasteiger partial charge in [0.15, 0.2) is 11.6 Å². The average molecular weight is 349 g/mol. The van der Waals surface area contributed by atoms with Crippen LogP contribution in [0.3, 0.4) is 0 Å². The van der Waals surface area contributed by atoms with Crippen molar-refractivity contribution < 1.29 is 22.3 Å². The van der Waals surface area contributed by atoms with E-state index in [-0.39, 0.29) is 10.8 Å². The zero-order chi connectivity index (χ0) is 17.6. The van der Waals surface area contributed by atoms with E-state index in [9.17, 15) is 22.3 Å². The predicted molar refractivity (Wildman–Crippen MR) is 85.5 cm³/mol. The van der Waals surface area contributed by atoms with Gasteiger partial charge in [-0.05, 0) is 37.5 Å². The van der Waals surface area contributed by atoms with Gasteiger partial charge in [0.2, 0.25) is 10.0 Å². The van der Waals surface area contributed by atoms with Crippen LogP contribution in [0, 0.1) is 17.6 Å². The Morgan fingerprint density at radius 3 is 2.35 bits per heavy atom. The normalized spacial score (nSPS) is 16.1. The molecule has 3 atom stereocenters. The molecule has 132 valence electrons. The Bertz CT molecular complexity index is 605. The van der Waals surface area contributed by atoms with Crippen molar-refractivity contribution in [2.45, 2.75) is 63.5 Å². The van der Waals surface area contributed by atoms with Crippen LogP contribution in [0.2, 0.25) is 0 Å². The lowest BCUT2D eigenvalue weighted by Gasteiger charge is -2.27. The maximum atomic E-state index is 13.3. The summed E-state index contributed by atoms with van der Waals surface area (Å²) in [5.74, 6) is -2.41. The van der Waals surface area contributed by atoms with Crippen molar-refractivity contribution in [2.75, 3.05) is 0 Å². The summed E-state index contributed by atoms with van der Waals surface area (Å²) in [6.45, 7) is 5.44. The van der Waals surface area contributed by atoms with Crippen molar-refractivity contribution >= 4 is 10.0 Å². The molecule has 0 radical (unpaired) electrons. The van der Waals surface area contributed by atoms with E-state index < -0.39 is 33.8 Å². The number of aliphatic hydroxyl groups excluding tert-OH is 1. The number of unbranched alkanes of at least 4 members (excludes halogenated alkanes) is 2. The molecule has 0 saturated carbocycles. The lowest BCUT2D eigenvalue weighted by Crippen LogP contribution is -2.46. The smallest absolute Gasteiger partial charge is 0.241 e. The van der Waals surface area contributed by atoms with Crippen molar-refractivity contribution in [1.82, 2.24) is 4.72 Å². The van der Waals surface area contributed by atoms with E-state index in [1.165, 1.54) is 6.92 Å². The van der Waals surface area contributed by atoms with Crippen molar-refractivity contribution in [1.29, 1.82) is 0 Å². The number of hydrogen-bond donors (Lipinski definition) is 2. The van der Waals surface area contributed by atoms with Gasteiger partial charge in [-0.25, -0.2) is 21.9 Å². The standard InChI is InChI=1S/C16H25F2NO3S/c1-4-5-6-7-11(2)16(12(3)20)19-23(21,22)13-8-9-14(17)15(18)10-13/h8-12,16,19-20H,4-7H2,1-3H3. The molecule has 0 amide bonds. The van der Waals surface area contributed by atoms with Gasteiger partial charge in [0.25, 0.3) is 0 Å². The SMILES string of the molecule is CCCCCC(C)C(NS(=O)(=O)c1ccc(F)c(F)c1)C(C)O. The Hall–Kier alpha value is -1.05. The molecule has 2 N–H and O–H groups in total. The third-order valence-corrected chi connectivity index (χ3v) is 5.35. The molecule has 0 saturated heterocycles. The van der Waals surface area contributed by atoms with Gasteiger partial charge in [-0.1, -0.05) is 33.1 Å². The zero-order valence-electron chi connectivity index (χ0n) is 13.7. The first-order valence-corrected chi connectivity index (χ1v) is 9.32. The summed E-state index contributed by atoms with van der Waals surface area (Å²) in [5.41, 5.74) is 0. The first-order valence-electron chi connectivity index (χ1n) is 7.84. The number of hydrogen-bond acceptors (Lipinski definition) is 3. The molecule has 0 aromatic heterocycles. The van der Waals surface area contributed by atoms with Crippen LogP contribution in [-0.4, -0.2) is 25.7 Å². The molecule has 3 unspecified atom stereocenters. The summed E-state index contributed by atoms with van der Waals surface area (Å²) in [6.07, 6.45) is 2.89. The highest BCUT2D eigenvalue weighted by Crippen LogP contribution is 2.20. The minimum Gasteiger partial charge on any atom is -0.392 e. The van der Waals surface area contributed by atoms with Crippen LogP contribution in [0.15, 0.2) is 23.1 Å². The van der Waals surface area contributed by atoms with Crippen LogP contribution in [0.4, 0.5) is 8.78 Å². The summed E-state index contributed by atoms with van der Waals surface area (Å²) in [6, 6.07) is 1.72. The fraction of sp³-hybridized carbons (Fsp3) is 0.625. The number of sulfonamides is 1. The Balaban J connectivity index is 2.91. The van der Waals surface area contributed by atoms with Crippen molar-refractivity contribution in [3.8, 4) is 0 Å². The van der Waals surface area contributed by atoms with Gasteiger partial charge in [-0.2, -0.15) is 0 Å². The van der Waals surface area contributed by atoms with Gasteiger partial charge in [0, 0.05) is 0 Å². The number of aliphatic hydroxyl groups is 1. The Kier molecular flexibility index (Phi) is 7.57. The first-order chi connectivity index (χ1) is 10.7. The zero-order valence-corrected chi connectivity index (χ0v) is 14.5. The first kappa shape index (κ1) is 20.0. The molecule has 1 aromatic rings. The third kappa shape index (κ3) is 5.82. The Labute approximate surface area is 137 Å². The van der Waals surface area contributed by atoms with Crippen molar-refractivity contribution in [2.24, 2.45) is 5.92 Å². The lowest BCUT2D eigenvalue weighted by molar-refractivity contribution is 0.126. The molecule has 7 heteroatoms. The van der Waals surface area contributed by atoms with Crippen LogP contribution < -0.4 is 4.72 Å². The number of halogens is 2. The van der Waals surface area contributed by atoms with E-state index in [0.29, 0.717) is 6.07 Å². The third-order valence-electron chi connectivity index (χ3n) is 3.89. The summed E-state index contributed by atoms with van der Waals surface area (Å²) in [5, 5.41) is 9.89. The highest BCUT2D eigenvalue weighted by Gasteiger charge is 2.28. The highest BCUT2D eigenvalue weighted by atomic mass is 32.2.